The Kier molecular flexibility index (Phi) is 6.04. The molecule has 166 valence electrons. The van der Waals surface area contributed by atoms with Gasteiger partial charge in [0.05, 0.1) is 28.3 Å². The number of fused-ring (bicyclic) bond motifs is 1. The smallest absolute Gasteiger partial charge is 0.308 e. The van der Waals surface area contributed by atoms with Gasteiger partial charge in [-0.15, -0.1) is 0 Å². The van der Waals surface area contributed by atoms with E-state index in [-0.39, 0.29) is 6.03 Å². The number of aryl methyl sites for hydroxylation is 3. The molecule has 7 heteroatoms. The predicted octanol–water partition coefficient (Wildman–Crippen LogP) is 5.52. The molecule has 7 nitrogen and oxygen atoms in total. The number of hydrogen-bond acceptors (Lipinski definition) is 4. The van der Waals surface area contributed by atoms with Gasteiger partial charge < -0.3 is 5.32 Å². The highest BCUT2D eigenvalue weighted by atomic mass is 16.2. The highest BCUT2D eigenvalue weighted by molar-refractivity contribution is 6.11. The number of pyridine rings is 2. The molecule has 0 spiro atoms. The summed E-state index contributed by atoms with van der Waals surface area (Å²) in [6.07, 6.45) is 4.22. The minimum atomic E-state index is -0.270. The minimum Gasteiger partial charge on any atom is -0.308 e. The van der Waals surface area contributed by atoms with Crippen LogP contribution in [0.25, 0.3) is 10.9 Å². The van der Waals surface area contributed by atoms with Crippen molar-refractivity contribution in [3.63, 3.8) is 0 Å². The van der Waals surface area contributed by atoms with E-state index in [4.69, 9.17) is 0 Å². The van der Waals surface area contributed by atoms with Gasteiger partial charge in [0, 0.05) is 30.5 Å². The van der Waals surface area contributed by atoms with Crippen LogP contribution >= 0.6 is 0 Å². The summed E-state index contributed by atoms with van der Waals surface area (Å²) in [7, 11) is 1.72. The van der Waals surface area contributed by atoms with Gasteiger partial charge in [0.2, 0.25) is 6.41 Å². The zero-order valence-electron chi connectivity index (χ0n) is 19.0. The zero-order chi connectivity index (χ0) is 23.5. The molecule has 2 aromatic carbocycles. The number of para-hydroxylation sites is 2. The number of urea groups is 1. The Balaban J connectivity index is 1.82. The standard InChI is InChI=1S/C26H25N5O2/c1-17-13-14-27-19(3)24(17)31(16-32)22-12-8-11-21-23(22)28-15-18(2)25(21)30(4)26(33)29-20-9-6-5-7-10-20/h5-16H,1-4H3,(H,29,33). The summed E-state index contributed by atoms with van der Waals surface area (Å²) in [4.78, 5) is 37.4. The van der Waals surface area contributed by atoms with E-state index in [0.717, 1.165) is 40.0 Å². The van der Waals surface area contributed by atoms with E-state index in [1.807, 2.05) is 75.4 Å². The molecule has 1 N–H and O–H groups in total. The second-order valence-electron chi connectivity index (χ2n) is 7.86. The molecule has 4 rings (SSSR count). The van der Waals surface area contributed by atoms with Crippen LogP contribution in [0.15, 0.2) is 67.0 Å². The van der Waals surface area contributed by atoms with Crippen molar-refractivity contribution < 1.29 is 9.59 Å². The molecule has 0 unspecified atom stereocenters. The number of hydrogen-bond donors (Lipinski definition) is 1. The van der Waals surface area contributed by atoms with Crippen molar-refractivity contribution in [2.75, 3.05) is 22.2 Å². The van der Waals surface area contributed by atoms with E-state index in [1.54, 1.807) is 29.2 Å². The maximum atomic E-state index is 13.0. The fourth-order valence-corrected chi connectivity index (χ4v) is 4.04. The number of anilines is 4. The van der Waals surface area contributed by atoms with E-state index < -0.39 is 0 Å². The fourth-order valence-electron chi connectivity index (χ4n) is 4.04. The van der Waals surface area contributed by atoms with Gasteiger partial charge in [0.15, 0.2) is 0 Å². The number of benzene rings is 2. The summed E-state index contributed by atoms with van der Waals surface area (Å²) in [5, 5.41) is 3.68. The Morgan fingerprint density at radius 1 is 0.909 bits per heavy atom. The third-order valence-electron chi connectivity index (χ3n) is 5.61. The van der Waals surface area contributed by atoms with E-state index in [9.17, 15) is 9.59 Å². The van der Waals surface area contributed by atoms with Crippen LogP contribution in [-0.4, -0.2) is 29.5 Å². The molecule has 0 aliphatic carbocycles. The molecule has 3 amide bonds. The van der Waals surface area contributed by atoms with Gasteiger partial charge >= 0.3 is 6.03 Å². The molecule has 0 aliphatic heterocycles. The molecule has 0 saturated carbocycles. The molecule has 0 aliphatic rings. The lowest BCUT2D eigenvalue weighted by Gasteiger charge is -2.25. The number of amides is 3. The number of carbonyl (C=O) groups excluding carboxylic acids is 2. The molecule has 2 heterocycles. The van der Waals surface area contributed by atoms with Crippen molar-refractivity contribution in [1.82, 2.24) is 9.97 Å². The summed E-state index contributed by atoms with van der Waals surface area (Å²) in [5.74, 6) is 0. The van der Waals surface area contributed by atoms with E-state index in [0.29, 0.717) is 16.9 Å². The number of aromatic nitrogens is 2. The Hall–Kier alpha value is -4.26. The average molecular weight is 440 g/mol. The molecular formula is C26H25N5O2. The molecule has 4 aromatic rings. The molecule has 2 aromatic heterocycles. The van der Waals surface area contributed by atoms with E-state index in [2.05, 4.69) is 15.3 Å². The first kappa shape index (κ1) is 22.0. The third-order valence-corrected chi connectivity index (χ3v) is 5.61. The summed E-state index contributed by atoms with van der Waals surface area (Å²) in [5.41, 5.74) is 5.91. The van der Waals surface area contributed by atoms with E-state index >= 15 is 0 Å². The second kappa shape index (κ2) is 9.08. The molecule has 0 saturated heterocycles. The Bertz CT molecular complexity index is 1320. The van der Waals surface area contributed by atoms with Gasteiger partial charge in [-0.1, -0.05) is 30.3 Å². The van der Waals surface area contributed by atoms with Crippen LogP contribution < -0.4 is 15.1 Å². The lowest BCUT2D eigenvalue weighted by atomic mass is 10.1. The van der Waals surface area contributed by atoms with Crippen LogP contribution in [0.5, 0.6) is 0 Å². The van der Waals surface area contributed by atoms with Crippen LogP contribution in [0.3, 0.4) is 0 Å². The first-order chi connectivity index (χ1) is 15.9. The minimum absolute atomic E-state index is 0.270. The first-order valence-electron chi connectivity index (χ1n) is 10.6. The van der Waals surface area contributed by atoms with Crippen LogP contribution in [0.1, 0.15) is 16.8 Å². The highest BCUT2D eigenvalue weighted by Gasteiger charge is 2.22. The zero-order valence-corrected chi connectivity index (χ0v) is 19.0. The van der Waals surface area contributed by atoms with Gasteiger partial charge in [0.25, 0.3) is 0 Å². The van der Waals surface area contributed by atoms with Crippen LogP contribution in [0.2, 0.25) is 0 Å². The lowest BCUT2D eigenvalue weighted by Crippen LogP contribution is -2.32. The molecule has 0 atom stereocenters. The highest BCUT2D eigenvalue weighted by Crippen LogP contribution is 2.37. The van der Waals surface area contributed by atoms with Crippen molar-refractivity contribution >= 4 is 46.1 Å². The van der Waals surface area contributed by atoms with Crippen molar-refractivity contribution in [2.45, 2.75) is 20.8 Å². The number of nitrogens with zero attached hydrogens (tertiary/aromatic N) is 4. The van der Waals surface area contributed by atoms with Gasteiger partial charge in [-0.25, -0.2) is 4.79 Å². The largest absolute Gasteiger partial charge is 0.326 e. The maximum Gasteiger partial charge on any atom is 0.326 e. The maximum absolute atomic E-state index is 13.0. The predicted molar refractivity (Wildman–Crippen MR) is 132 cm³/mol. The first-order valence-corrected chi connectivity index (χ1v) is 10.6. The molecular weight excluding hydrogens is 414 g/mol. The topological polar surface area (TPSA) is 78.4 Å². The molecule has 0 radical (unpaired) electrons. The van der Waals surface area contributed by atoms with Gasteiger partial charge in [-0.3, -0.25) is 24.6 Å². The van der Waals surface area contributed by atoms with Crippen LogP contribution in [0.4, 0.5) is 27.5 Å². The van der Waals surface area contributed by atoms with Crippen molar-refractivity contribution in [3.8, 4) is 0 Å². The molecule has 33 heavy (non-hydrogen) atoms. The number of nitrogens with one attached hydrogen (secondary N) is 1. The molecule has 0 bridgehead atoms. The SMILES string of the molecule is Cc1ccnc(C)c1N(C=O)c1cccc2c(N(C)C(=O)Nc3ccccc3)c(C)cnc12. The Labute approximate surface area is 192 Å². The lowest BCUT2D eigenvalue weighted by molar-refractivity contribution is -0.106. The molecule has 0 fully saturated rings. The van der Waals surface area contributed by atoms with Crippen LogP contribution in [0, 0.1) is 20.8 Å². The Morgan fingerprint density at radius 2 is 1.67 bits per heavy atom. The van der Waals surface area contributed by atoms with Crippen molar-refractivity contribution in [2.24, 2.45) is 0 Å². The summed E-state index contributed by atoms with van der Waals surface area (Å²) >= 11 is 0. The second-order valence-corrected chi connectivity index (χ2v) is 7.86. The number of rotatable bonds is 5. The Morgan fingerprint density at radius 3 is 2.36 bits per heavy atom. The fraction of sp³-hybridized carbons (Fsp3) is 0.154. The number of carbonyl (C=O) groups is 2. The van der Waals surface area contributed by atoms with E-state index in [1.165, 1.54) is 0 Å². The third kappa shape index (κ3) is 4.13. The quantitative estimate of drug-likeness (QED) is 0.416. The average Bonchev–Trinajstić information content (AvgIpc) is 2.81. The van der Waals surface area contributed by atoms with Crippen molar-refractivity contribution in [1.29, 1.82) is 0 Å². The van der Waals surface area contributed by atoms with Gasteiger partial charge in [-0.05, 0) is 56.2 Å². The van der Waals surface area contributed by atoms with Crippen LogP contribution in [-0.2, 0) is 4.79 Å². The summed E-state index contributed by atoms with van der Waals surface area (Å²) < 4.78 is 0. The summed E-state index contributed by atoms with van der Waals surface area (Å²) in [6, 6.07) is 16.5. The normalized spacial score (nSPS) is 10.7. The van der Waals surface area contributed by atoms with Gasteiger partial charge in [0.1, 0.15) is 0 Å². The van der Waals surface area contributed by atoms with Gasteiger partial charge in [-0.2, -0.15) is 0 Å². The summed E-state index contributed by atoms with van der Waals surface area (Å²) in [6.45, 7) is 5.72. The monoisotopic (exact) mass is 439 g/mol. The van der Waals surface area contributed by atoms with Crippen molar-refractivity contribution in [3.05, 3.63) is 83.8 Å².